The molecule has 0 amide bonds. The van der Waals surface area contributed by atoms with E-state index in [1.807, 2.05) is 6.92 Å². The van der Waals surface area contributed by atoms with Crippen LogP contribution in [-0.2, 0) is 10.0 Å². The molecule has 0 radical (unpaired) electrons. The molecule has 0 saturated carbocycles. The summed E-state index contributed by atoms with van der Waals surface area (Å²) in [6.07, 6.45) is 1.35. The number of aromatic amines is 1. The second-order valence-electron chi connectivity index (χ2n) is 3.87. The van der Waals surface area contributed by atoms with E-state index in [1.165, 1.54) is 6.33 Å². The number of hydrogen-bond acceptors (Lipinski definition) is 5. The van der Waals surface area contributed by atoms with Crippen molar-refractivity contribution in [2.75, 3.05) is 13.1 Å². The maximum absolute atomic E-state index is 11.9. The van der Waals surface area contributed by atoms with Gasteiger partial charge in [-0.15, -0.1) is 0 Å². The lowest BCUT2D eigenvalue weighted by Crippen LogP contribution is -2.40. The lowest BCUT2D eigenvalue weighted by atomic mass is 10.3. The molecule has 0 saturated heterocycles. The molecule has 1 aromatic heterocycles. The van der Waals surface area contributed by atoms with Crippen molar-refractivity contribution in [3.63, 3.8) is 0 Å². The third-order valence-corrected chi connectivity index (χ3v) is 4.30. The number of sulfonamides is 1. The molecule has 3 N–H and O–H groups in total. The minimum atomic E-state index is -3.36. The lowest BCUT2D eigenvalue weighted by molar-refractivity contribution is 0.541. The number of aromatic nitrogens is 3. The Kier molecular flexibility index (Phi) is 5.03. The Hall–Kier alpha value is -0.990. The first-order chi connectivity index (χ1) is 7.97. The first-order valence-corrected chi connectivity index (χ1v) is 7.09. The molecule has 7 nitrogen and oxygen atoms in total. The Labute approximate surface area is 101 Å². The Balaban J connectivity index is 2.60. The zero-order valence-corrected chi connectivity index (χ0v) is 11.1. The van der Waals surface area contributed by atoms with Gasteiger partial charge in [0.2, 0.25) is 10.0 Å². The average molecular weight is 261 g/mol. The van der Waals surface area contributed by atoms with E-state index in [0.29, 0.717) is 12.4 Å². The van der Waals surface area contributed by atoms with Crippen molar-refractivity contribution in [1.82, 2.24) is 25.2 Å². The van der Waals surface area contributed by atoms with Gasteiger partial charge in [-0.25, -0.2) is 18.1 Å². The van der Waals surface area contributed by atoms with Crippen LogP contribution in [0.15, 0.2) is 6.33 Å². The van der Waals surface area contributed by atoms with E-state index < -0.39 is 21.3 Å². The van der Waals surface area contributed by atoms with E-state index in [-0.39, 0.29) is 0 Å². The molecular weight excluding hydrogens is 242 g/mol. The van der Waals surface area contributed by atoms with E-state index in [4.69, 9.17) is 0 Å². The summed E-state index contributed by atoms with van der Waals surface area (Å²) >= 11 is 0. The highest BCUT2D eigenvalue weighted by Gasteiger charge is 2.23. The molecule has 0 bridgehead atoms. The van der Waals surface area contributed by atoms with Crippen molar-refractivity contribution in [2.24, 2.45) is 0 Å². The van der Waals surface area contributed by atoms with Gasteiger partial charge in [-0.1, -0.05) is 6.92 Å². The van der Waals surface area contributed by atoms with Gasteiger partial charge in [-0.05, 0) is 20.4 Å². The maximum Gasteiger partial charge on any atom is 0.216 e. The van der Waals surface area contributed by atoms with Crippen molar-refractivity contribution in [3.8, 4) is 0 Å². The quantitative estimate of drug-likeness (QED) is 0.630. The molecular formula is C9H19N5O2S. The summed E-state index contributed by atoms with van der Waals surface area (Å²) < 4.78 is 26.4. The van der Waals surface area contributed by atoms with Crippen LogP contribution in [0.3, 0.4) is 0 Å². The summed E-state index contributed by atoms with van der Waals surface area (Å²) in [5.74, 6) is 0.504. The van der Waals surface area contributed by atoms with Crippen LogP contribution in [0, 0.1) is 0 Å². The predicted octanol–water partition coefficient (Wildman–Crippen LogP) is -0.217. The third kappa shape index (κ3) is 4.06. The highest BCUT2D eigenvalue weighted by Crippen LogP contribution is 2.08. The Morgan fingerprint density at radius 3 is 2.71 bits per heavy atom. The van der Waals surface area contributed by atoms with Crippen LogP contribution in [0.1, 0.15) is 32.6 Å². The molecule has 0 fully saturated rings. The zero-order valence-electron chi connectivity index (χ0n) is 10.3. The number of H-pyrrole nitrogens is 1. The van der Waals surface area contributed by atoms with Crippen molar-refractivity contribution in [1.29, 1.82) is 0 Å². The molecule has 17 heavy (non-hydrogen) atoms. The molecule has 1 aromatic rings. The highest BCUT2D eigenvalue weighted by molar-refractivity contribution is 7.90. The smallest absolute Gasteiger partial charge is 0.216 e. The van der Waals surface area contributed by atoms with Crippen LogP contribution in [0.4, 0.5) is 0 Å². The summed E-state index contributed by atoms with van der Waals surface area (Å²) in [6, 6.07) is -0.411. The molecule has 2 unspecified atom stereocenters. The van der Waals surface area contributed by atoms with Gasteiger partial charge in [0.05, 0.1) is 11.3 Å². The number of nitrogens with one attached hydrogen (secondary N) is 3. The van der Waals surface area contributed by atoms with E-state index in [0.717, 1.165) is 6.54 Å². The minimum absolute atomic E-state index is 0.411. The van der Waals surface area contributed by atoms with Crippen LogP contribution in [-0.4, -0.2) is 41.9 Å². The topological polar surface area (TPSA) is 99.8 Å². The summed E-state index contributed by atoms with van der Waals surface area (Å²) in [5.41, 5.74) is 0. The second-order valence-corrected chi connectivity index (χ2v) is 6.00. The predicted molar refractivity (Wildman–Crippen MR) is 64.9 cm³/mol. The first kappa shape index (κ1) is 14.1. The number of nitrogens with zero attached hydrogens (tertiary/aromatic N) is 2. The fraction of sp³-hybridized carbons (Fsp3) is 0.778. The van der Waals surface area contributed by atoms with E-state index in [1.54, 1.807) is 13.8 Å². The monoisotopic (exact) mass is 261 g/mol. The van der Waals surface area contributed by atoms with E-state index in [2.05, 4.69) is 25.2 Å². The molecule has 2 atom stereocenters. The van der Waals surface area contributed by atoms with Crippen molar-refractivity contribution >= 4 is 10.0 Å². The van der Waals surface area contributed by atoms with E-state index in [9.17, 15) is 8.42 Å². The zero-order chi connectivity index (χ0) is 12.9. The molecule has 0 aliphatic carbocycles. The summed E-state index contributed by atoms with van der Waals surface area (Å²) in [7, 11) is -3.36. The standard InChI is InChI=1S/C9H19N5O2S/c1-4-10-5-7(2)17(15,16)14-8(3)9-11-6-12-13-9/h6-8,10,14H,4-5H2,1-3H3,(H,11,12,13). The number of hydrogen-bond donors (Lipinski definition) is 3. The molecule has 98 valence electrons. The van der Waals surface area contributed by atoms with Gasteiger partial charge in [-0.3, -0.25) is 5.10 Å². The fourth-order valence-corrected chi connectivity index (χ4v) is 2.47. The highest BCUT2D eigenvalue weighted by atomic mass is 32.2. The second kappa shape index (κ2) is 6.08. The van der Waals surface area contributed by atoms with Crippen LogP contribution in [0.5, 0.6) is 0 Å². The van der Waals surface area contributed by atoms with Crippen LogP contribution in [0.2, 0.25) is 0 Å². The largest absolute Gasteiger partial charge is 0.316 e. The first-order valence-electron chi connectivity index (χ1n) is 5.54. The summed E-state index contributed by atoms with van der Waals surface area (Å²) in [5, 5.41) is 8.84. The van der Waals surface area contributed by atoms with Gasteiger partial charge in [0.15, 0.2) is 0 Å². The van der Waals surface area contributed by atoms with Crippen molar-refractivity contribution < 1.29 is 8.42 Å². The molecule has 8 heteroatoms. The molecule has 1 heterocycles. The van der Waals surface area contributed by atoms with Gasteiger partial charge >= 0.3 is 0 Å². The summed E-state index contributed by atoms with van der Waals surface area (Å²) in [6.45, 7) is 6.49. The fourth-order valence-electron chi connectivity index (χ4n) is 1.30. The van der Waals surface area contributed by atoms with Crippen molar-refractivity contribution in [3.05, 3.63) is 12.2 Å². The molecule has 0 aliphatic rings. The van der Waals surface area contributed by atoms with Crippen LogP contribution in [0.25, 0.3) is 0 Å². The Morgan fingerprint density at radius 1 is 1.47 bits per heavy atom. The number of rotatable bonds is 7. The van der Waals surface area contributed by atoms with Gasteiger partial charge in [0.25, 0.3) is 0 Å². The van der Waals surface area contributed by atoms with Crippen LogP contribution < -0.4 is 10.0 Å². The average Bonchev–Trinajstić information content (AvgIpc) is 2.78. The molecule has 0 aliphatic heterocycles. The maximum atomic E-state index is 11.9. The Morgan fingerprint density at radius 2 is 2.18 bits per heavy atom. The lowest BCUT2D eigenvalue weighted by Gasteiger charge is -2.17. The van der Waals surface area contributed by atoms with Crippen LogP contribution >= 0.6 is 0 Å². The normalized spacial score (nSPS) is 15.7. The minimum Gasteiger partial charge on any atom is -0.316 e. The van der Waals surface area contributed by atoms with Gasteiger partial charge in [0, 0.05) is 6.54 Å². The molecule has 1 rings (SSSR count). The molecule has 0 aromatic carbocycles. The van der Waals surface area contributed by atoms with E-state index >= 15 is 0 Å². The third-order valence-electron chi connectivity index (χ3n) is 2.40. The van der Waals surface area contributed by atoms with Gasteiger partial charge < -0.3 is 5.32 Å². The molecule has 0 spiro atoms. The van der Waals surface area contributed by atoms with Crippen molar-refractivity contribution in [2.45, 2.75) is 32.1 Å². The van der Waals surface area contributed by atoms with Gasteiger partial charge in [0.1, 0.15) is 12.2 Å². The SMILES string of the molecule is CCNCC(C)S(=O)(=O)NC(C)c1ncn[nH]1. The van der Waals surface area contributed by atoms with Gasteiger partial charge in [-0.2, -0.15) is 5.10 Å². The Bertz CT molecular complexity index is 417. The summed E-state index contributed by atoms with van der Waals surface area (Å²) in [4.78, 5) is 3.91.